The van der Waals surface area contributed by atoms with Crippen molar-refractivity contribution in [2.24, 2.45) is 5.10 Å². The summed E-state index contributed by atoms with van der Waals surface area (Å²) in [7, 11) is 1.65. The lowest BCUT2D eigenvalue weighted by atomic mass is 9.96. The third-order valence-electron chi connectivity index (χ3n) is 6.95. The van der Waals surface area contributed by atoms with E-state index in [1.807, 2.05) is 49.4 Å². The van der Waals surface area contributed by atoms with E-state index in [9.17, 15) is 14.9 Å². The number of hydrogen-bond acceptors (Lipinski definition) is 7. The van der Waals surface area contributed by atoms with E-state index in [4.69, 9.17) is 14.5 Å². The number of para-hydroxylation sites is 1. The van der Waals surface area contributed by atoms with E-state index in [1.165, 1.54) is 16.8 Å². The zero-order chi connectivity index (χ0) is 29.8. The maximum Gasteiger partial charge on any atom is 0.282 e. The number of benzene rings is 4. The van der Waals surface area contributed by atoms with Gasteiger partial charge in [0.05, 0.1) is 29.2 Å². The molecule has 0 amide bonds. The van der Waals surface area contributed by atoms with Crippen molar-refractivity contribution < 1.29 is 14.4 Å². The molecule has 9 nitrogen and oxygen atoms in total. The first-order valence-electron chi connectivity index (χ1n) is 13.5. The molecular weight excluding hydrogens is 532 g/mol. The van der Waals surface area contributed by atoms with Crippen LogP contribution in [0.2, 0.25) is 0 Å². The molecule has 4 aromatic carbocycles. The number of nitro groups is 1. The van der Waals surface area contributed by atoms with Gasteiger partial charge < -0.3 is 9.47 Å². The Labute approximate surface area is 242 Å². The molecule has 0 saturated heterocycles. The molecule has 0 saturated carbocycles. The van der Waals surface area contributed by atoms with Crippen LogP contribution in [0.25, 0.3) is 22.3 Å². The monoisotopic (exact) mass is 562 g/mol. The number of nitrogens with zero attached hydrogens (tertiary/aromatic N) is 4. The molecule has 0 fully saturated rings. The highest BCUT2D eigenvalue weighted by Gasteiger charge is 2.18. The highest BCUT2D eigenvalue weighted by atomic mass is 16.6. The Morgan fingerprint density at radius 2 is 1.74 bits per heavy atom. The zero-order valence-electron chi connectivity index (χ0n) is 23.8. The van der Waals surface area contributed by atoms with Crippen LogP contribution < -0.4 is 15.0 Å². The van der Waals surface area contributed by atoms with Gasteiger partial charge in [-0.25, -0.2) is 4.98 Å². The number of non-ortho nitro benzene ring substituents is 1. The van der Waals surface area contributed by atoms with Crippen LogP contribution in [0, 0.1) is 17.0 Å². The topological polar surface area (TPSA) is 109 Å². The van der Waals surface area contributed by atoms with Gasteiger partial charge in [-0.05, 0) is 95.8 Å². The second-order valence-electron chi connectivity index (χ2n) is 10.2. The van der Waals surface area contributed by atoms with Crippen molar-refractivity contribution in [3.63, 3.8) is 0 Å². The molecule has 9 heteroatoms. The van der Waals surface area contributed by atoms with Crippen molar-refractivity contribution in [1.29, 1.82) is 0 Å². The average Bonchev–Trinajstić information content (AvgIpc) is 3.00. The maximum absolute atomic E-state index is 13.7. The van der Waals surface area contributed by atoms with E-state index in [0.717, 1.165) is 33.6 Å². The van der Waals surface area contributed by atoms with Crippen LogP contribution >= 0.6 is 0 Å². The van der Waals surface area contributed by atoms with Crippen molar-refractivity contribution in [1.82, 2.24) is 9.66 Å². The normalized spacial score (nSPS) is 11.4. The number of fused-ring (bicyclic) bond motifs is 1. The number of rotatable bonds is 9. The van der Waals surface area contributed by atoms with Crippen molar-refractivity contribution in [2.75, 3.05) is 7.11 Å². The number of methoxy groups -OCH3 is 1. The predicted molar refractivity (Wildman–Crippen MR) is 164 cm³/mol. The zero-order valence-corrected chi connectivity index (χ0v) is 23.8. The van der Waals surface area contributed by atoms with E-state index in [2.05, 4.69) is 18.9 Å². The molecule has 0 radical (unpaired) electrons. The second kappa shape index (κ2) is 12.1. The lowest BCUT2D eigenvalue weighted by molar-refractivity contribution is -0.384. The Kier molecular flexibility index (Phi) is 8.10. The van der Waals surface area contributed by atoms with Gasteiger partial charge in [-0.3, -0.25) is 14.9 Å². The van der Waals surface area contributed by atoms with Gasteiger partial charge in [0.2, 0.25) is 0 Å². The summed E-state index contributed by atoms with van der Waals surface area (Å²) in [6, 6.07) is 24.8. The van der Waals surface area contributed by atoms with Crippen LogP contribution in [-0.4, -0.2) is 27.9 Å². The van der Waals surface area contributed by atoms with Gasteiger partial charge in [0.25, 0.3) is 11.2 Å². The Hall–Kier alpha value is -5.31. The molecule has 0 atom stereocenters. The van der Waals surface area contributed by atoms with Crippen molar-refractivity contribution in [3.8, 4) is 22.9 Å². The highest BCUT2D eigenvalue weighted by Crippen LogP contribution is 2.34. The van der Waals surface area contributed by atoms with E-state index in [0.29, 0.717) is 22.5 Å². The van der Waals surface area contributed by atoms with Gasteiger partial charge in [0.1, 0.15) is 18.1 Å². The number of aryl methyl sites for hydroxylation is 1. The van der Waals surface area contributed by atoms with Gasteiger partial charge in [0, 0.05) is 17.7 Å². The molecule has 0 bridgehead atoms. The minimum absolute atomic E-state index is 0.0359. The fourth-order valence-corrected chi connectivity index (χ4v) is 4.63. The first-order chi connectivity index (χ1) is 20.2. The number of hydrogen-bond donors (Lipinski definition) is 0. The summed E-state index contributed by atoms with van der Waals surface area (Å²) in [4.78, 5) is 28.9. The molecule has 0 unspecified atom stereocenters. The first kappa shape index (κ1) is 28.2. The summed E-state index contributed by atoms with van der Waals surface area (Å²) in [6.07, 6.45) is 1.61. The Morgan fingerprint density at radius 3 is 2.40 bits per heavy atom. The molecule has 5 aromatic rings. The summed E-state index contributed by atoms with van der Waals surface area (Å²) >= 11 is 0. The van der Waals surface area contributed by atoms with Gasteiger partial charge in [-0.1, -0.05) is 26.0 Å². The lowest BCUT2D eigenvalue weighted by Gasteiger charge is -2.17. The summed E-state index contributed by atoms with van der Waals surface area (Å²) in [5, 5.41) is 15.9. The molecule has 1 aromatic heterocycles. The molecule has 1 heterocycles. The van der Waals surface area contributed by atoms with Gasteiger partial charge in [-0.15, -0.1) is 0 Å². The largest absolute Gasteiger partial charge is 0.496 e. The smallest absolute Gasteiger partial charge is 0.282 e. The van der Waals surface area contributed by atoms with Crippen LogP contribution in [0.4, 0.5) is 5.69 Å². The minimum atomic E-state index is -0.434. The van der Waals surface area contributed by atoms with Gasteiger partial charge in [0.15, 0.2) is 5.82 Å². The molecule has 0 aliphatic carbocycles. The lowest BCUT2D eigenvalue weighted by Crippen LogP contribution is -2.20. The maximum atomic E-state index is 13.7. The molecule has 42 heavy (non-hydrogen) atoms. The summed E-state index contributed by atoms with van der Waals surface area (Å²) in [5.41, 5.74) is 4.67. The Bertz CT molecular complexity index is 1840. The van der Waals surface area contributed by atoms with Crippen LogP contribution in [0.1, 0.15) is 42.0 Å². The van der Waals surface area contributed by atoms with Crippen LogP contribution in [-0.2, 0) is 6.61 Å². The summed E-state index contributed by atoms with van der Waals surface area (Å²) in [5.74, 6) is 2.07. The SMILES string of the molecule is COc1cc(C)c(-c2nc3ccccc3c(=O)n2N=Cc2ccc(OCc3ccc([N+](=O)[O-])cc3)cc2)cc1C(C)C. The molecule has 0 N–H and O–H groups in total. The standard InChI is InChI=1S/C33H30N4O5/c1-21(2)28-18-29(22(3)17-31(28)41-4)32-35-30-8-6-5-7-27(30)33(38)36(32)34-19-23-11-15-26(16-12-23)42-20-24-9-13-25(14-10-24)37(39)40/h5-19,21H,20H2,1-4H3. The van der Waals surface area contributed by atoms with Crippen molar-refractivity contribution >= 4 is 22.8 Å². The fraction of sp³-hybridized carbons (Fsp3) is 0.182. The van der Waals surface area contributed by atoms with E-state index in [1.54, 1.807) is 43.7 Å². The van der Waals surface area contributed by atoms with Gasteiger partial charge in [-0.2, -0.15) is 9.78 Å². The summed E-state index contributed by atoms with van der Waals surface area (Å²) in [6.45, 7) is 6.42. The second-order valence-corrected chi connectivity index (χ2v) is 10.2. The fourth-order valence-electron chi connectivity index (χ4n) is 4.63. The van der Waals surface area contributed by atoms with Crippen LogP contribution in [0.3, 0.4) is 0 Å². The Balaban J connectivity index is 1.46. The van der Waals surface area contributed by atoms with Crippen molar-refractivity contribution in [3.05, 3.63) is 128 Å². The third kappa shape index (κ3) is 5.90. The van der Waals surface area contributed by atoms with E-state index in [-0.39, 0.29) is 23.8 Å². The average molecular weight is 563 g/mol. The molecule has 0 aliphatic heterocycles. The van der Waals surface area contributed by atoms with Crippen LogP contribution in [0.5, 0.6) is 11.5 Å². The Morgan fingerprint density at radius 1 is 1.02 bits per heavy atom. The quantitative estimate of drug-likeness (QED) is 0.110. The predicted octanol–water partition coefficient (Wildman–Crippen LogP) is 6.87. The van der Waals surface area contributed by atoms with E-state index < -0.39 is 4.92 Å². The van der Waals surface area contributed by atoms with E-state index >= 15 is 0 Å². The number of aromatic nitrogens is 2. The number of ether oxygens (including phenoxy) is 2. The molecule has 0 aliphatic rings. The highest BCUT2D eigenvalue weighted by molar-refractivity contribution is 5.82. The van der Waals surface area contributed by atoms with Gasteiger partial charge >= 0.3 is 0 Å². The molecule has 0 spiro atoms. The summed E-state index contributed by atoms with van der Waals surface area (Å²) < 4.78 is 12.8. The molecular formula is C33H30N4O5. The van der Waals surface area contributed by atoms with Crippen molar-refractivity contribution in [2.45, 2.75) is 33.3 Å². The molecule has 5 rings (SSSR count). The minimum Gasteiger partial charge on any atom is -0.496 e. The molecule has 212 valence electrons. The number of nitro benzene ring substituents is 1. The third-order valence-corrected chi connectivity index (χ3v) is 6.95. The first-order valence-corrected chi connectivity index (χ1v) is 13.5. The van der Waals surface area contributed by atoms with Crippen LogP contribution in [0.15, 0.2) is 94.8 Å².